The first kappa shape index (κ1) is 13.4. The summed E-state index contributed by atoms with van der Waals surface area (Å²) >= 11 is 13.2. The molecule has 0 radical (unpaired) electrons. The molecule has 0 aliphatic heterocycles. The molecule has 0 aliphatic carbocycles. The zero-order valence-corrected chi connectivity index (χ0v) is 11.6. The molecule has 8 heteroatoms. The van der Waals surface area contributed by atoms with Gasteiger partial charge in [0.1, 0.15) is 5.03 Å². The molecule has 18 heavy (non-hydrogen) atoms. The van der Waals surface area contributed by atoms with E-state index in [1.165, 1.54) is 11.8 Å². The minimum atomic E-state index is 0.358. The third kappa shape index (κ3) is 3.02. The maximum atomic E-state index is 6.06. The number of nitrogens with zero attached hydrogens (tertiary/aromatic N) is 3. The quantitative estimate of drug-likeness (QED) is 0.516. The second-order valence-corrected chi connectivity index (χ2v) is 5.10. The standard InChI is InChI=1S/C10H9Cl2N5S/c1-5-2-3-14-10(15-5)18-9-7(12)4-6(11)8(16-9)17-13/h2-4H,13H2,1H3,(H,16,17). The minimum absolute atomic E-state index is 0.358. The van der Waals surface area contributed by atoms with E-state index in [-0.39, 0.29) is 0 Å². The van der Waals surface area contributed by atoms with Crippen LogP contribution in [0.15, 0.2) is 28.5 Å². The maximum absolute atomic E-state index is 6.06. The molecule has 0 saturated carbocycles. The second-order valence-electron chi connectivity index (χ2n) is 3.33. The van der Waals surface area contributed by atoms with Crippen LogP contribution in [0.25, 0.3) is 0 Å². The molecule has 94 valence electrons. The molecule has 2 heterocycles. The van der Waals surface area contributed by atoms with Crippen molar-refractivity contribution in [3.8, 4) is 0 Å². The molecule has 3 N–H and O–H groups in total. The number of hydrogen-bond donors (Lipinski definition) is 2. The summed E-state index contributed by atoms with van der Waals surface area (Å²) in [5, 5.41) is 1.89. The lowest BCUT2D eigenvalue weighted by atomic mass is 10.4. The number of anilines is 1. The van der Waals surface area contributed by atoms with Crippen LogP contribution in [-0.2, 0) is 0 Å². The number of aryl methyl sites for hydroxylation is 1. The van der Waals surface area contributed by atoms with Gasteiger partial charge in [-0.05, 0) is 30.8 Å². The number of rotatable bonds is 3. The SMILES string of the molecule is Cc1ccnc(Sc2nc(NN)c(Cl)cc2Cl)n1. The van der Waals surface area contributed by atoms with Crippen molar-refractivity contribution < 1.29 is 0 Å². The van der Waals surface area contributed by atoms with Gasteiger partial charge in [0, 0.05) is 11.9 Å². The number of nitrogen functional groups attached to an aromatic ring is 1. The Balaban J connectivity index is 2.34. The Morgan fingerprint density at radius 2 is 2.06 bits per heavy atom. The summed E-state index contributed by atoms with van der Waals surface area (Å²) in [5.41, 5.74) is 3.27. The lowest BCUT2D eigenvalue weighted by Gasteiger charge is -2.07. The second kappa shape index (κ2) is 5.71. The van der Waals surface area contributed by atoms with Crippen molar-refractivity contribution in [2.45, 2.75) is 17.1 Å². The van der Waals surface area contributed by atoms with Gasteiger partial charge in [0.25, 0.3) is 0 Å². The lowest BCUT2D eigenvalue weighted by molar-refractivity contribution is 0.927. The number of pyridine rings is 1. The van der Waals surface area contributed by atoms with Crippen LogP contribution >= 0.6 is 35.0 Å². The highest BCUT2D eigenvalue weighted by Crippen LogP contribution is 2.34. The summed E-state index contributed by atoms with van der Waals surface area (Å²) in [7, 11) is 0. The minimum Gasteiger partial charge on any atom is -0.307 e. The molecule has 5 nitrogen and oxygen atoms in total. The molecule has 0 aliphatic rings. The normalized spacial score (nSPS) is 10.4. The van der Waals surface area contributed by atoms with Crippen LogP contribution in [-0.4, -0.2) is 15.0 Å². The van der Waals surface area contributed by atoms with E-state index in [0.717, 1.165) is 5.69 Å². The third-order valence-electron chi connectivity index (χ3n) is 1.99. The largest absolute Gasteiger partial charge is 0.307 e. The smallest absolute Gasteiger partial charge is 0.194 e. The first-order valence-corrected chi connectivity index (χ1v) is 6.47. The summed E-state index contributed by atoms with van der Waals surface area (Å²) in [6, 6.07) is 3.39. The van der Waals surface area contributed by atoms with E-state index < -0.39 is 0 Å². The molecule has 0 bridgehead atoms. The van der Waals surface area contributed by atoms with E-state index >= 15 is 0 Å². The van der Waals surface area contributed by atoms with Gasteiger partial charge in [0.05, 0.1) is 10.0 Å². The molecule has 2 rings (SSSR count). The van der Waals surface area contributed by atoms with Crippen molar-refractivity contribution in [1.29, 1.82) is 0 Å². The zero-order valence-electron chi connectivity index (χ0n) is 9.32. The predicted octanol–water partition coefficient (Wildman–Crippen LogP) is 2.92. The average Bonchev–Trinajstić information content (AvgIpc) is 2.33. The predicted molar refractivity (Wildman–Crippen MR) is 73.0 cm³/mol. The van der Waals surface area contributed by atoms with Crippen molar-refractivity contribution in [1.82, 2.24) is 15.0 Å². The molecule has 0 amide bonds. The van der Waals surface area contributed by atoms with E-state index in [4.69, 9.17) is 29.0 Å². The van der Waals surface area contributed by atoms with Crippen LogP contribution in [0.4, 0.5) is 5.82 Å². The molecular formula is C10H9Cl2N5S. The number of hydrogen-bond acceptors (Lipinski definition) is 6. The van der Waals surface area contributed by atoms with Gasteiger partial charge in [0.15, 0.2) is 11.0 Å². The fourth-order valence-electron chi connectivity index (χ4n) is 1.18. The first-order valence-electron chi connectivity index (χ1n) is 4.90. The fourth-order valence-corrected chi connectivity index (χ4v) is 2.48. The third-order valence-corrected chi connectivity index (χ3v) is 3.57. The highest BCUT2D eigenvalue weighted by Gasteiger charge is 2.11. The van der Waals surface area contributed by atoms with Gasteiger partial charge in [-0.2, -0.15) is 0 Å². The van der Waals surface area contributed by atoms with Gasteiger partial charge >= 0.3 is 0 Å². The highest BCUT2D eigenvalue weighted by atomic mass is 35.5. The average molecular weight is 302 g/mol. The van der Waals surface area contributed by atoms with E-state index in [1.54, 1.807) is 12.3 Å². The summed E-state index contributed by atoms with van der Waals surface area (Å²) in [6.45, 7) is 1.88. The maximum Gasteiger partial charge on any atom is 0.194 e. The summed E-state index contributed by atoms with van der Waals surface area (Å²) in [6.07, 6.45) is 1.68. The Labute approximate surface area is 118 Å². The molecule has 0 fully saturated rings. The summed E-state index contributed by atoms with van der Waals surface area (Å²) in [5.74, 6) is 5.66. The molecule has 0 unspecified atom stereocenters. The van der Waals surface area contributed by atoms with Gasteiger partial charge in [-0.3, -0.25) is 0 Å². The van der Waals surface area contributed by atoms with Crippen LogP contribution in [0.1, 0.15) is 5.69 Å². The number of nitrogens with two attached hydrogens (primary N) is 1. The Morgan fingerprint density at radius 1 is 1.28 bits per heavy atom. The first-order chi connectivity index (χ1) is 8.60. The van der Waals surface area contributed by atoms with Gasteiger partial charge in [-0.15, -0.1) is 0 Å². The summed E-state index contributed by atoms with van der Waals surface area (Å²) < 4.78 is 0. The number of aromatic nitrogens is 3. The van der Waals surface area contributed by atoms with Crippen molar-refractivity contribution in [3.63, 3.8) is 0 Å². The Hall–Kier alpha value is -1.08. The van der Waals surface area contributed by atoms with E-state index in [1.807, 2.05) is 13.0 Å². The van der Waals surface area contributed by atoms with Crippen LogP contribution < -0.4 is 11.3 Å². The van der Waals surface area contributed by atoms with Crippen molar-refractivity contribution in [2.75, 3.05) is 5.43 Å². The zero-order chi connectivity index (χ0) is 13.1. The highest BCUT2D eigenvalue weighted by molar-refractivity contribution is 7.99. The Morgan fingerprint density at radius 3 is 2.72 bits per heavy atom. The van der Waals surface area contributed by atoms with Crippen LogP contribution in [0.2, 0.25) is 10.0 Å². The van der Waals surface area contributed by atoms with Crippen molar-refractivity contribution >= 4 is 40.8 Å². The van der Waals surface area contributed by atoms with Gasteiger partial charge in [-0.1, -0.05) is 23.2 Å². The monoisotopic (exact) mass is 301 g/mol. The number of nitrogens with one attached hydrogen (secondary N) is 1. The van der Waals surface area contributed by atoms with E-state index in [9.17, 15) is 0 Å². The van der Waals surface area contributed by atoms with E-state index in [0.29, 0.717) is 26.0 Å². The Kier molecular flexibility index (Phi) is 4.23. The van der Waals surface area contributed by atoms with Gasteiger partial charge < -0.3 is 5.43 Å². The van der Waals surface area contributed by atoms with Crippen LogP contribution in [0, 0.1) is 6.92 Å². The number of halogens is 2. The molecular weight excluding hydrogens is 293 g/mol. The fraction of sp³-hybridized carbons (Fsp3) is 0.100. The molecule has 0 aromatic carbocycles. The van der Waals surface area contributed by atoms with Gasteiger partial charge in [0.2, 0.25) is 0 Å². The number of hydrazine groups is 1. The molecule has 0 spiro atoms. The lowest BCUT2D eigenvalue weighted by Crippen LogP contribution is -2.09. The van der Waals surface area contributed by atoms with Crippen molar-refractivity contribution in [3.05, 3.63) is 34.1 Å². The van der Waals surface area contributed by atoms with Crippen LogP contribution in [0.5, 0.6) is 0 Å². The topological polar surface area (TPSA) is 76.7 Å². The van der Waals surface area contributed by atoms with E-state index in [2.05, 4.69) is 20.4 Å². The summed E-state index contributed by atoms with van der Waals surface area (Å²) in [4.78, 5) is 12.6. The Bertz CT molecular complexity index is 578. The van der Waals surface area contributed by atoms with Gasteiger partial charge in [-0.25, -0.2) is 20.8 Å². The molecule has 2 aromatic heterocycles. The van der Waals surface area contributed by atoms with Crippen LogP contribution in [0.3, 0.4) is 0 Å². The molecule has 2 aromatic rings. The van der Waals surface area contributed by atoms with Crippen molar-refractivity contribution in [2.24, 2.45) is 5.84 Å². The molecule has 0 atom stereocenters. The molecule has 0 saturated heterocycles.